The number of carbonyl (C=O) groups excluding carboxylic acids is 2. The van der Waals surface area contributed by atoms with Crippen LogP contribution < -0.4 is 10.5 Å². The number of amides is 2. The Kier molecular flexibility index (Phi) is 6.86. The van der Waals surface area contributed by atoms with Crippen molar-refractivity contribution in [1.82, 2.24) is 13.9 Å². The van der Waals surface area contributed by atoms with E-state index in [0.29, 0.717) is 42.9 Å². The van der Waals surface area contributed by atoms with Crippen molar-refractivity contribution in [3.8, 4) is 0 Å². The number of nitrogens with zero attached hydrogens (tertiary/aromatic N) is 4. The van der Waals surface area contributed by atoms with Gasteiger partial charge in [-0.15, -0.1) is 0 Å². The summed E-state index contributed by atoms with van der Waals surface area (Å²) in [6.45, 7) is 10.2. The predicted octanol–water partition coefficient (Wildman–Crippen LogP) is 8.52. The first-order chi connectivity index (χ1) is 22.2. The molecule has 0 unspecified atom stereocenters. The number of carbonyl (C=O) groups is 2. The van der Waals surface area contributed by atoms with E-state index in [-0.39, 0.29) is 29.0 Å². The molecule has 2 aromatic carbocycles. The molecule has 7 rings (SSSR count). The number of imide groups is 1. The highest BCUT2D eigenvalue weighted by molar-refractivity contribution is 7.13. The summed E-state index contributed by atoms with van der Waals surface area (Å²) in [5, 5.41) is 2.40. The maximum atomic E-state index is 15.4. The van der Waals surface area contributed by atoms with Crippen molar-refractivity contribution < 1.29 is 32.3 Å². The van der Waals surface area contributed by atoms with E-state index in [9.17, 15) is 14.4 Å². The van der Waals surface area contributed by atoms with E-state index in [4.69, 9.17) is 18.3 Å². The van der Waals surface area contributed by atoms with Crippen LogP contribution in [0.15, 0.2) is 68.6 Å². The molecule has 0 spiro atoms. The molecule has 7 aromatic rings. The number of pyridine rings is 1. The largest absolute Gasteiger partial charge is 0.463 e. The van der Waals surface area contributed by atoms with E-state index in [1.807, 2.05) is 6.07 Å². The van der Waals surface area contributed by atoms with Gasteiger partial charge in [-0.1, -0.05) is 6.07 Å². The minimum atomic E-state index is -0.942. The van der Waals surface area contributed by atoms with Crippen LogP contribution in [-0.2, 0) is 16.0 Å². The molecule has 0 fully saturated rings. The van der Waals surface area contributed by atoms with Crippen LogP contribution in [-0.4, -0.2) is 37.3 Å². The molecule has 5 heterocycles. The number of anilines is 1. The van der Waals surface area contributed by atoms with Crippen LogP contribution in [0.5, 0.6) is 0 Å². The fraction of sp³-hybridized carbons (Fsp3) is 0.265. The smallest absolute Gasteiger partial charge is 0.425 e. The number of furan rings is 1. The average molecular weight is 657 g/mol. The number of hydrogen-bond acceptors (Lipinski definition) is 10. The first-order valence-electron chi connectivity index (χ1n) is 14.7. The van der Waals surface area contributed by atoms with E-state index < -0.39 is 34.8 Å². The molecule has 47 heavy (non-hydrogen) atoms. The molecule has 2 amide bonds. The SMILES string of the molecule is CC(C)(C)OC(=O)N(C(=O)OC(C)(C)C)c1nsc2ccc(Cn3c4cc(F)c5ccoc5c4c4c5cccnc5oc(=O)c43)cc12. The number of hydrogen-bond donors (Lipinski definition) is 0. The van der Waals surface area contributed by atoms with Crippen LogP contribution in [0, 0.1) is 5.82 Å². The van der Waals surface area contributed by atoms with Crippen molar-refractivity contribution >= 4 is 83.5 Å². The molecule has 0 bridgehead atoms. The third kappa shape index (κ3) is 5.26. The van der Waals surface area contributed by atoms with Gasteiger partial charge in [0.2, 0.25) is 5.71 Å². The first-order valence-corrected chi connectivity index (χ1v) is 15.5. The van der Waals surface area contributed by atoms with Gasteiger partial charge in [0.15, 0.2) is 5.82 Å². The van der Waals surface area contributed by atoms with Crippen LogP contribution in [0.2, 0.25) is 0 Å². The maximum Gasteiger partial charge on any atom is 0.425 e. The van der Waals surface area contributed by atoms with Crippen LogP contribution in [0.4, 0.5) is 19.8 Å². The van der Waals surface area contributed by atoms with Crippen molar-refractivity contribution in [1.29, 1.82) is 0 Å². The van der Waals surface area contributed by atoms with Gasteiger partial charge in [-0.05, 0) is 95.0 Å². The summed E-state index contributed by atoms with van der Waals surface area (Å²) < 4.78 is 44.7. The number of fused-ring (bicyclic) bond motifs is 8. The topological polar surface area (TPSA) is 130 Å². The zero-order valence-electron chi connectivity index (χ0n) is 26.3. The summed E-state index contributed by atoms with van der Waals surface area (Å²) in [7, 11) is 0. The lowest BCUT2D eigenvalue weighted by molar-refractivity contribution is 0.0430. The molecule has 0 saturated heterocycles. The van der Waals surface area contributed by atoms with Gasteiger partial charge >= 0.3 is 17.8 Å². The molecule has 0 radical (unpaired) electrons. The highest BCUT2D eigenvalue weighted by Crippen LogP contribution is 2.40. The van der Waals surface area contributed by atoms with Gasteiger partial charge in [0.1, 0.15) is 28.1 Å². The van der Waals surface area contributed by atoms with E-state index in [2.05, 4.69) is 9.36 Å². The normalized spacial score (nSPS) is 12.5. The van der Waals surface area contributed by atoms with Gasteiger partial charge in [-0.3, -0.25) is 0 Å². The Morgan fingerprint density at radius 2 is 1.68 bits per heavy atom. The molecule has 0 saturated carbocycles. The number of ether oxygens (including phenoxy) is 2. The van der Waals surface area contributed by atoms with E-state index in [1.54, 1.807) is 76.4 Å². The molecule has 0 atom stereocenters. The first kappa shape index (κ1) is 30.4. The third-order valence-electron chi connectivity index (χ3n) is 7.36. The second-order valence-electron chi connectivity index (χ2n) is 13.1. The minimum absolute atomic E-state index is 0.0393. The van der Waals surface area contributed by atoms with Crippen molar-refractivity contribution in [2.75, 3.05) is 4.90 Å². The lowest BCUT2D eigenvalue weighted by Crippen LogP contribution is -2.44. The monoisotopic (exact) mass is 656 g/mol. The van der Waals surface area contributed by atoms with Gasteiger partial charge in [-0.25, -0.2) is 23.8 Å². The number of benzene rings is 2. The van der Waals surface area contributed by atoms with Crippen molar-refractivity contribution in [3.05, 3.63) is 76.7 Å². The number of halogens is 1. The Labute approximate surface area is 270 Å². The van der Waals surface area contributed by atoms with E-state index >= 15 is 4.39 Å². The summed E-state index contributed by atoms with van der Waals surface area (Å²) in [5.74, 6) is -0.472. The van der Waals surface area contributed by atoms with Gasteiger partial charge < -0.3 is 22.9 Å². The van der Waals surface area contributed by atoms with Gasteiger partial charge in [-0.2, -0.15) is 9.27 Å². The zero-order valence-corrected chi connectivity index (χ0v) is 27.2. The summed E-state index contributed by atoms with van der Waals surface area (Å²) in [5.41, 5.74) is -0.731. The van der Waals surface area contributed by atoms with Gasteiger partial charge in [0, 0.05) is 28.9 Å². The second-order valence-corrected chi connectivity index (χ2v) is 13.9. The number of rotatable bonds is 3. The summed E-state index contributed by atoms with van der Waals surface area (Å²) in [4.78, 5) is 45.4. The van der Waals surface area contributed by atoms with E-state index in [1.165, 1.54) is 18.5 Å². The fourth-order valence-electron chi connectivity index (χ4n) is 5.62. The Morgan fingerprint density at radius 3 is 2.38 bits per heavy atom. The van der Waals surface area contributed by atoms with Crippen LogP contribution >= 0.6 is 11.5 Å². The lowest BCUT2D eigenvalue weighted by atomic mass is 10.1. The summed E-state index contributed by atoms with van der Waals surface area (Å²) in [6, 6.07) is 11.8. The Balaban J connectivity index is 1.43. The van der Waals surface area contributed by atoms with E-state index in [0.717, 1.165) is 16.4 Å². The molecular formula is C34H29FN4O7S. The lowest BCUT2D eigenvalue weighted by Gasteiger charge is -2.27. The van der Waals surface area contributed by atoms with Crippen molar-refractivity contribution in [2.24, 2.45) is 0 Å². The molecule has 0 aliphatic rings. The highest BCUT2D eigenvalue weighted by atomic mass is 32.1. The predicted molar refractivity (Wildman–Crippen MR) is 177 cm³/mol. The quantitative estimate of drug-likeness (QED) is 0.184. The fourth-order valence-corrected chi connectivity index (χ4v) is 6.36. The molecule has 0 aliphatic carbocycles. The second kappa shape index (κ2) is 10.6. The molecule has 5 aromatic heterocycles. The Hall–Kier alpha value is -5.30. The zero-order chi connectivity index (χ0) is 33.4. The van der Waals surface area contributed by atoms with Crippen LogP contribution in [0.25, 0.3) is 54.0 Å². The minimum Gasteiger partial charge on any atom is -0.463 e. The van der Waals surface area contributed by atoms with Crippen LogP contribution in [0.3, 0.4) is 0 Å². The number of aromatic nitrogens is 3. The van der Waals surface area contributed by atoms with Crippen molar-refractivity contribution in [3.63, 3.8) is 0 Å². The summed E-state index contributed by atoms with van der Waals surface area (Å²) in [6.07, 6.45) is 1.05. The van der Waals surface area contributed by atoms with Gasteiger partial charge in [0.05, 0.1) is 27.3 Å². The maximum absolute atomic E-state index is 15.4. The van der Waals surface area contributed by atoms with Gasteiger partial charge in [0.25, 0.3) is 0 Å². The molecule has 11 nitrogen and oxygen atoms in total. The molecule has 0 aliphatic heterocycles. The average Bonchev–Trinajstić information content (AvgIpc) is 3.69. The van der Waals surface area contributed by atoms with Crippen LogP contribution in [0.1, 0.15) is 47.1 Å². The standard InChI is InChI=1S/C34H29FN4O7S/c1-33(2,3)45-31(41)39(32(42)46-34(4,5)6)28-20-14-17(9-10-23(20)47-37-28)16-38-22-15-21(35)18-11-13-43-27(18)25(22)24-19-8-7-12-36-29(19)44-30(40)26(24)38/h7-15H,16H2,1-6H3. The molecule has 13 heteroatoms. The third-order valence-corrected chi connectivity index (χ3v) is 8.18. The molecule has 0 N–H and O–H groups in total. The summed E-state index contributed by atoms with van der Waals surface area (Å²) >= 11 is 1.10. The molecule has 240 valence electrons. The Bertz CT molecular complexity index is 2430. The van der Waals surface area contributed by atoms with Crippen molar-refractivity contribution in [2.45, 2.75) is 59.3 Å². The highest BCUT2D eigenvalue weighted by Gasteiger charge is 2.35. The molecular weight excluding hydrogens is 627 g/mol. The Morgan fingerprint density at radius 1 is 0.957 bits per heavy atom.